The van der Waals surface area contributed by atoms with E-state index in [1.54, 1.807) is 24.3 Å². The maximum Gasteiger partial charge on any atom is 0.266 e. The molecular weight excluding hydrogens is 463 g/mol. The zero-order valence-corrected chi connectivity index (χ0v) is 18.2. The summed E-state index contributed by atoms with van der Waals surface area (Å²) in [6, 6.07) is 13.7. The summed E-state index contributed by atoms with van der Waals surface area (Å²) < 4.78 is 5.25. The second-order valence-electron chi connectivity index (χ2n) is 6.57. The van der Waals surface area contributed by atoms with Crippen LogP contribution in [0.15, 0.2) is 54.6 Å². The van der Waals surface area contributed by atoms with Crippen LogP contribution >= 0.6 is 34.8 Å². The molecule has 3 aromatic carbocycles. The van der Waals surface area contributed by atoms with Crippen molar-refractivity contribution >= 4 is 63.9 Å². The second kappa shape index (κ2) is 8.23. The van der Waals surface area contributed by atoms with Gasteiger partial charge in [-0.2, -0.15) is 0 Å². The van der Waals surface area contributed by atoms with E-state index < -0.39 is 17.7 Å². The van der Waals surface area contributed by atoms with Gasteiger partial charge in [-0.05, 0) is 42.5 Å². The molecule has 0 radical (unpaired) electrons. The Labute approximate surface area is 192 Å². The fourth-order valence-electron chi connectivity index (χ4n) is 3.28. The number of nitrogens with one attached hydrogen (secondary N) is 1. The molecule has 1 N–H and O–H groups in total. The normalized spacial score (nSPS) is 12.7. The summed E-state index contributed by atoms with van der Waals surface area (Å²) in [7, 11) is 1.46. The monoisotopic (exact) mass is 474 g/mol. The Balaban J connectivity index is 1.73. The minimum absolute atomic E-state index is 0.108. The lowest BCUT2D eigenvalue weighted by Crippen LogP contribution is -2.31. The summed E-state index contributed by atoms with van der Waals surface area (Å²) in [6.45, 7) is 0. The molecule has 0 unspecified atom stereocenters. The molecule has 1 aliphatic heterocycles. The minimum Gasteiger partial charge on any atom is -0.495 e. The minimum atomic E-state index is -0.598. The summed E-state index contributed by atoms with van der Waals surface area (Å²) in [5.74, 6) is -1.35. The van der Waals surface area contributed by atoms with Gasteiger partial charge in [-0.3, -0.25) is 14.4 Å². The molecule has 4 rings (SSSR count). The average molecular weight is 476 g/mol. The van der Waals surface area contributed by atoms with Crippen molar-refractivity contribution in [3.63, 3.8) is 0 Å². The van der Waals surface area contributed by atoms with Gasteiger partial charge >= 0.3 is 0 Å². The molecule has 3 aromatic rings. The number of carbonyl (C=O) groups is 3. The molecular formula is C22H13Cl3N2O4. The largest absolute Gasteiger partial charge is 0.495 e. The predicted molar refractivity (Wildman–Crippen MR) is 120 cm³/mol. The van der Waals surface area contributed by atoms with Crippen molar-refractivity contribution in [2.45, 2.75) is 0 Å². The molecule has 0 bridgehead atoms. The number of imide groups is 1. The van der Waals surface area contributed by atoms with Crippen LogP contribution in [0.3, 0.4) is 0 Å². The van der Waals surface area contributed by atoms with Crippen molar-refractivity contribution in [3.05, 3.63) is 86.4 Å². The quantitative estimate of drug-likeness (QED) is 0.491. The van der Waals surface area contributed by atoms with Crippen LogP contribution in [0.1, 0.15) is 31.1 Å². The van der Waals surface area contributed by atoms with Gasteiger partial charge in [0.15, 0.2) is 0 Å². The zero-order valence-electron chi connectivity index (χ0n) is 15.9. The molecule has 0 saturated heterocycles. The number of hydrogen-bond acceptors (Lipinski definition) is 4. The summed E-state index contributed by atoms with van der Waals surface area (Å²) in [5.41, 5.74) is 0.809. The van der Waals surface area contributed by atoms with Gasteiger partial charge in [0.2, 0.25) is 0 Å². The van der Waals surface area contributed by atoms with Crippen LogP contribution in [0.5, 0.6) is 5.75 Å². The average Bonchev–Trinajstić information content (AvgIpc) is 2.98. The van der Waals surface area contributed by atoms with Crippen LogP contribution in [0.2, 0.25) is 15.1 Å². The van der Waals surface area contributed by atoms with Gasteiger partial charge in [-0.15, -0.1) is 0 Å². The van der Waals surface area contributed by atoms with Gasteiger partial charge in [-0.1, -0.05) is 46.9 Å². The second-order valence-corrected chi connectivity index (χ2v) is 7.82. The third-order valence-electron chi connectivity index (χ3n) is 4.73. The maximum absolute atomic E-state index is 13.1. The Kier molecular flexibility index (Phi) is 5.62. The number of para-hydroxylation sites is 1. The molecule has 0 aromatic heterocycles. The molecule has 1 heterocycles. The van der Waals surface area contributed by atoms with Crippen LogP contribution in [-0.2, 0) is 0 Å². The van der Waals surface area contributed by atoms with E-state index in [2.05, 4.69) is 5.32 Å². The van der Waals surface area contributed by atoms with Gasteiger partial charge in [-0.25, -0.2) is 4.90 Å². The highest BCUT2D eigenvalue weighted by molar-refractivity contribution is 6.44. The molecule has 156 valence electrons. The third kappa shape index (κ3) is 3.74. The standard InChI is InChI=1S/C22H13Cl3N2O4/c1-31-19-7-6-11(23)8-17(19)26-20(28)12-4-2-3-5-18(12)27-21(29)13-9-15(24)16(25)10-14(13)22(27)30/h2-10H,1H3,(H,26,28). The molecule has 0 spiro atoms. The number of halogens is 3. The number of methoxy groups -OCH3 is 1. The van der Waals surface area contributed by atoms with E-state index in [-0.39, 0.29) is 32.4 Å². The van der Waals surface area contributed by atoms with Crippen LogP contribution in [0, 0.1) is 0 Å². The molecule has 0 fully saturated rings. The van der Waals surface area contributed by atoms with Crippen LogP contribution in [0.4, 0.5) is 11.4 Å². The van der Waals surface area contributed by atoms with Crippen molar-refractivity contribution < 1.29 is 19.1 Å². The highest BCUT2D eigenvalue weighted by atomic mass is 35.5. The number of benzene rings is 3. The molecule has 31 heavy (non-hydrogen) atoms. The topological polar surface area (TPSA) is 75.7 Å². The number of anilines is 2. The Morgan fingerprint density at radius 2 is 1.52 bits per heavy atom. The van der Waals surface area contributed by atoms with Crippen LogP contribution < -0.4 is 15.0 Å². The van der Waals surface area contributed by atoms with E-state index in [1.807, 2.05) is 0 Å². The van der Waals surface area contributed by atoms with Gasteiger partial charge < -0.3 is 10.1 Å². The van der Waals surface area contributed by atoms with Crippen molar-refractivity contribution in [2.75, 3.05) is 17.3 Å². The lowest BCUT2D eigenvalue weighted by Gasteiger charge is -2.18. The zero-order chi connectivity index (χ0) is 22.3. The molecule has 3 amide bonds. The van der Waals surface area contributed by atoms with Gasteiger partial charge in [0, 0.05) is 5.02 Å². The van der Waals surface area contributed by atoms with E-state index >= 15 is 0 Å². The number of ether oxygens (including phenoxy) is 1. The maximum atomic E-state index is 13.1. The number of rotatable bonds is 4. The highest BCUT2D eigenvalue weighted by Crippen LogP contribution is 2.36. The summed E-state index contributed by atoms with van der Waals surface area (Å²) in [4.78, 5) is 40.0. The Hall–Kier alpha value is -3.06. The molecule has 0 atom stereocenters. The Morgan fingerprint density at radius 1 is 0.903 bits per heavy atom. The number of amides is 3. The molecule has 1 aliphatic rings. The fourth-order valence-corrected chi connectivity index (χ4v) is 3.78. The fraction of sp³-hybridized carbons (Fsp3) is 0.0455. The van der Waals surface area contributed by atoms with Crippen molar-refractivity contribution in [1.29, 1.82) is 0 Å². The van der Waals surface area contributed by atoms with Crippen molar-refractivity contribution in [3.8, 4) is 5.75 Å². The number of fused-ring (bicyclic) bond motifs is 1. The van der Waals surface area contributed by atoms with E-state index in [0.717, 1.165) is 4.90 Å². The first-order valence-electron chi connectivity index (χ1n) is 8.93. The predicted octanol–water partition coefficient (Wildman–Crippen LogP) is 5.71. The van der Waals surface area contributed by atoms with E-state index in [9.17, 15) is 14.4 Å². The summed E-state index contributed by atoms with van der Waals surface area (Å²) >= 11 is 18.1. The smallest absolute Gasteiger partial charge is 0.266 e. The van der Waals surface area contributed by atoms with Crippen molar-refractivity contribution in [1.82, 2.24) is 0 Å². The first-order valence-corrected chi connectivity index (χ1v) is 10.1. The van der Waals surface area contributed by atoms with E-state index in [4.69, 9.17) is 39.5 Å². The molecule has 6 nitrogen and oxygen atoms in total. The Morgan fingerprint density at radius 3 is 2.13 bits per heavy atom. The highest BCUT2D eigenvalue weighted by Gasteiger charge is 2.39. The van der Waals surface area contributed by atoms with Gasteiger partial charge in [0.1, 0.15) is 5.75 Å². The molecule has 0 aliphatic carbocycles. The SMILES string of the molecule is COc1ccc(Cl)cc1NC(=O)c1ccccc1N1C(=O)c2cc(Cl)c(Cl)cc2C1=O. The molecule has 0 saturated carbocycles. The number of nitrogens with zero attached hydrogens (tertiary/aromatic N) is 1. The number of carbonyl (C=O) groups excluding carboxylic acids is 3. The van der Waals surface area contributed by atoms with Crippen LogP contribution in [0.25, 0.3) is 0 Å². The molecule has 9 heteroatoms. The van der Waals surface area contributed by atoms with Crippen molar-refractivity contribution in [2.24, 2.45) is 0 Å². The number of hydrogen-bond donors (Lipinski definition) is 1. The van der Waals surface area contributed by atoms with E-state index in [0.29, 0.717) is 16.5 Å². The Bertz CT molecular complexity index is 1220. The first-order chi connectivity index (χ1) is 14.8. The van der Waals surface area contributed by atoms with E-state index in [1.165, 1.54) is 37.4 Å². The van der Waals surface area contributed by atoms with Gasteiger partial charge in [0.25, 0.3) is 17.7 Å². The van der Waals surface area contributed by atoms with Crippen LogP contribution in [-0.4, -0.2) is 24.8 Å². The summed E-state index contributed by atoms with van der Waals surface area (Å²) in [6.07, 6.45) is 0. The summed E-state index contributed by atoms with van der Waals surface area (Å²) in [5, 5.41) is 3.42. The first kappa shape index (κ1) is 21.2. The van der Waals surface area contributed by atoms with Gasteiger partial charge in [0.05, 0.1) is 45.2 Å². The third-order valence-corrected chi connectivity index (χ3v) is 5.68. The lowest BCUT2D eigenvalue weighted by atomic mass is 10.1. The lowest BCUT2D eigenvalue weighted by molar-refractivity contribution is 0.0926.